The minimum Gasteiger partial charge on any atom is -0.353 e. The Balaban J connectivity index is 0.00000288. The lowest BCUT2D eigenvalue weighted by atomic mass is 10.1. The Hall–Kier alpha value is -2.19. The van der Waals surface area contributed by atoms with E-state index in [4.69, 9.17) is 5.73 Å². The number of nitrogens with one attached hydrogen (secondary N) is 2. The van der Waals surface area contributed by atoms with Crippen LogP contribution in [0.3, 0.4) is 0 Å². The van der Waals surface area contributed by atoms with Crippen molar-refractivity contribution in [1.82, 2.24) is 10.6 Å². The van der Waals surface area contributed by atoms with Gasteiger partial charge >= 0.3 is 0 Å². The van der Waals surface area contributed by atoms with Crippen LogP contribution < -0.4 is 16.4 Å². The third kappa shape index (κ3) is 5.47. The van der Waals surface area contributed by atoms with Crippen molar-refractivity contribution in [2.45, 2.75) is 31.8 Å². The van der Waals surface area contributed by atoms with Crippen LogP contribution in [0.25, 0.3) is 0 Å². The number of rotatable bonds is 7. The fourth-order valence-electron chi connectivity index (χ4n) is 2.17. The second-order valence-corrected chi connectivity index (χ2v) is 5.75. The van der Waals surface area contributed by atoms with Crippen LogP contribution in [0.1, 0.15) is 30.1 Å². The lowest BCUT2D eigenvalue weighted by Crippen LogP contribution is -2.48. The van der Waals surface area contributed by atoms with Crippen molar-refractivity contribution in [3.63, 3.8) is 0 Å². The van der Waals surface area contributed by atoms with Gasteiger partial charge in [0, 0.05) is 30.3 Å². The Morgan fingerprint density at radius 3 is 2.67 bits per heavy atom. The van der Waals surface area contributed by atoms with E-state index in [2.05, 4.69) is 10.6 Å². The van der Waals surface area contributed by atoms with Crippen LogP contribution >= 0.6 is 12.4 Å². The quantitative estimate of drug-likeness (QED) is 0.496. The molecule has 0 bridgehead atoms. The Labute approximate surface area is 145 Å². The third-order valence-electron chi connectivity index (χ3n) is 3.80. The molecule has 2 amide bonds. The molecule has 1 aliphatic carbocycles. The molecular formula is C15H21ClN4O4. The van der Waals surface area contributed by atoms with Crippen molar-refractivity contribution >= 4 is 29.9 Å². The predicted octanol–water partition coefficient (Wildman–Crippen LogP) is 0.988. The number of amides is 2. The number of nitro benzene ring substituents is 1. The molecule has 0 saturated heterocycles. The average molecular weight is 357 g/mol. The zero-order chi connectivity index (χ0) is 17.0. The maximum absolute atomic E-state index is 12.1. The maximum atomic E-state index is 12.1. The van der Waals surface area contributed by atoms with Gasteiger partial charge in [0.2, 0.25) is 5.91 Å². The minimum atomic E-state index is -0.756. The Morgan fingerprint density at radius 2 is 2.08 bits per heavy atom. The van der Waals surface area contributed by atoms with Gasteiger partial charge in [0.15, 0.2) is 0 Å². The monoisotopic (exact) mass is 356 g/mol. The molecule has 2 rings (SSSR count). The van der Waals surface area contributed by atoms with Gasteiger partial charge in [0.1, 0.15) is 6.04 Å². The zero-order valence-corrected chi connectivity index (χ0v) is 14.0. The second-order valence-electron chi connectivity index (χ2n) is 5.75. The summed E-state index contributed by atoms with van der Waals surface area (Å²) in [6.07, 6.45) is 2.19. The van der Waals surface area contributed by atoms with Gasteiger partial charge in [0.05, 0.1) is 4.92 Å². The lowest BCUT2D eigenvalue weighted by Gasteiger charge is -2.16. The number of hydrogen-bond donors (Lipinski definition) is 3. The molecule has 4 N–H and O–H groups in total. The standard InChI is InChI=1S/C15H20N4O4.ClH/c1-9(14(20)17-8-13(16)10-5-6-10)18-15(21)11-3-2-4-12(7-11)19(22)23;/h2-4,7,9-10,13H,5-6,8,16H2,1H3,(H,17,20)(H,18,21);1H. The number of hydrogen-bond acceptors (Lipinski definition) is 5. The number of carbonyl (C=O) groups excluding carboxylic acids is 2. The molecule has 1 aromatic carbocycles. The highest BCUT2D eigenvalue weighted by atomic mass is 35.5. The summed E-state index contributed by atoms with van der Waals surface area (Å²) >= 11 is 0. The first-order chi connectivity index (χ1) is 10.9. The van der Waals surface area contributed by atoms with Gasteiger partial charge in [-0.3, -0.25) is 19.7 Å². The Bertz CT molecular complexity index is 621. The first kappa shape index (κ1) is 19.9. The van der Waals surface area contributed by atoms with Gasteiger partial charge in [-0.25, -0.2) is 0 Å². The van der Waals surface area contributed by atoms with Crippen LogP contribution in [-0.4, -0.2) is 35.4 Å². The van der Waals surface area contributed by atoms with E-state index in [1.54, 1.807) is 6.92 Å². The van der Waals surface area contributed by atoms with Crippen molar-refractivity contribution in [2.24, 2.45) is 11.7 Å². The molecule has 0 spiro atoms. The minimum absolute atomic E-state index is 0. The summed E-state index contributed by atoms with van der Waals surface area (Å²) in [6.45, 7) is 1.92. The first-order valence-corrected chi connectivity index (χ1v) is 7.47. The summed E-state index contributed by atoms with van der Waals surface area (Å²) in [6, 6.07) is 4.53. The van der Waals surface area contributed by atoms with Gasteiger partial charge in [-0.05, 0) is 31.7 Å². The van der Waals surface area contributed by atoms with Crippen LogP contribution in [-0.2, 0) is 4.79 Å². The second kappa shape index (κ2) is 8.60. The number of non-ortho nitro benzene ring substituents is 1. The molecule has 1 aliphatic rings. The smallest absolute Gasteiger partial charge is 0.270 e. The maximum Gasteiger partial charge on any atom is 0.270 e. The molecule has 8 nitrogen and oxygen atoms in total. The van der Waals surface area contributed by atoms with Gasteiger partial charge in [0.25, 0.3) is 11.6 Å². The molecule has 2 atom stereocenters. The average Bonchev–Trinajstić information content (AvgIpc) is 3.37. The zero-order valence-electron chi connectivity index (χ0n) is 13.2. The molecule has 9 heteroatoms. The molecule has 0 aromatic heterocycles. The van der Waals surface area contributed by atoms with Crippen molar-refractivity contribution in [3.8, 4) is 0 Å². The molecule has 2 unspecified atom stereocenters. The summed E-state index contributed by atoms with van der Waals surface area (Å²) in [5.41, 5.74) is 5.86. The van der Waals surface area contributed by atoms with E-state index in [0.29, 0.717) is 12.5 Å². The normalized spacial score (nSPS) is 15.6. The van der Waals surface area contributed by atoms with E-state index < -0.39 is 16.9 Å². The summed E-state index contributed by atoms with van der Waals surface area (Å²) < 4.78 is 0. The largest absolute Gasteiger partial charge is 0.353 e. The molecule has 24 heavy (non-hydrogen) atoms. The van der Waals surface area contributed by atoms with Crippen LogP contribution in [0, 0.1) is 16.0 Å². The van der Waals surface area contributed by atoms with Crippen molar-refractivity contribution in [3.05, 3.63) is 39.9 Å². The van der Waals surface area contributed by atoms with E-state index in [0.717, 1.165) is 12.8 Å². The van der Waals surface area contributed by atoms with Crippen molar-refractivity contribution < 1.29 is 14.5 Å². The summed E-state index contributed by atoms with van der Waals surface area (Å²) in [4.78, 5) is 34.1. The van der Waals surface area contributed by atoms with Crippen LogP contribution in [0.15, 0.2) is 24.3 Å². The van der Waals surface area contributed by atoms with E-state index in [1.165, 1.54) is 24.3 Å². The number of halogens is 1. The molecular weight excluding hydrogens is 336 g/mol. The fourth-order valence-corrected chi connectivity index (χ4v) is 2.17. The molecule has 0 heterocycles. The number of nitrogens with zero attached hydrogens (tertiary/aromatic N) is 1. The predicted molar refractivity (Wildman–Crippen MR) is 91.0 cm³/mol. The fraction of sp³-hybridized carbons (Fsp3) is 0.467. The summed E-state index contributed by atoms with van der Waals surface area (Å²) in [5, 5.41) is 15.9. The molecule has 1 fully saturated rings. The lowest BCUT2D eigenvalue weighted by molar-refractivity contribution is -0.384. The van der Waals surface area contributed by atoms with E-state index in [1.807, 2.05) is 0 Å². The Kier molecular flexibility index (Phi) is 7.12. The highest BCUT2D eigenvalue weighted by molar-refractivity contribution is 5.97. The van der Waals surface area contributed by atoms with Crippen LogP contribution in [0.5, 0.6) is 0 Å². The van der Waals surface area contributed by atoms with E-state index in [9.17, 15) is 19.7 Å². The van der Waals surface area contributed by atoms with Crippen LogP contribution in [0.4, 0.5) is 5.69 Å². The molecule has 0 radical (unpaired) electrons. The third-order valence-corrected chi connectivity index (χ3v) is 3.80. The van der Waals surface area contributed by atoms with E-state index in [-0.39, 0.29) is 35.6 Å². The van der Waals surface area contributed by atoms with Crippen molar-refractivity contribution in [1.29, 1.82) is 0 Å². The van der Waals surface area contributed by atoms with Crippen molar-refractivity contribution in [2.75, 3.05) is 6.54 Å². The number of nitro groups is 1. The topological polar surface area (TPSA) is 127 Å². The van der Waals surface area contributed by atoms with Gasteiger partial charge in [-0.15, -0.1) is 12.4 Å². The number of nitrogens with two attached hydrogens (primary N) is 1. The summed E-state index contributed by atoms with van der Waals surface area (Å²) in [7, 11) is 0. The molecule has 132 valence electrons. The number of benzene rings is 1. The van der Waals surface area contributed by atoms with Gasteiger partial charge in [-0.1, -0.05) is 6.07 Å². The van der Waals surface area contributed by atoms with Crippen LogP contribution in [0.2, 0.25) is 0 Å². The first-order valence-electron chi connectivity index (χ1n) is 7.47. The molecule has 1 aromatic rings. The highest BCUT2D eigenvalue weighted by Gasteiger charge is 2.29. The van der Waals surface area contributed by atoms with Gasteiger partial charge in [-0.2, -0.15) is 0 Å². The highest BCUT2D eigenvalue weighted by Crippen LogP contribution is 2.31. The molecule has 0 aliphatic heterocycles. The number of carbonyl (C=O) groups is 2. The van der Waals surface area contributed by atoms with E-state index >= 15 is 0 Å². The molecule has 1 saturated carbocycles. The SMILES string of the molecule is CC(NC(=O)c1cccc([N+](=O)[O-])c1)C(=O)NCC(N)C1CC1.Cl. The van der Waals surface area contributed by atoms with Gasteiger partial charge < -0.3 is 16.4 Å². The summed E-state index contributed by atoms with van der Waals surface area (Å²) in [5.74, 6) is -0.396. The Morgan fingerprint density at radius 1 is 1.42 bits per heavy atom.